The van der Waals surface area contributed by atoms with Crippen molar-refractivity contribution in [1.82, 2.24) is 9.97 Å². The molecular formula is C8H4ClN3. The van der Waals surface area contributed by atoms with Crippen LogP contribution in [0.15, 0.2) is 18.5 Å². The molecule has 58 valence electrons. The molecule has 0 fully saturated rings. The standard InChI is InChI=1S/C8H4ClN3/c9-8-1-7-6(4-12-8)5(2-10)3-11-7/h1,3-4,11H. The summed E-state index contributed by atoms with van der Waals surface area (Å²) in [6, 6.07) is 3.75. The Morgan fingerprint density at radius 3 is 3.17 bits per heavy atom. The minimum Gasteiger partial charge on any atom is -0.360 e. The van der Waals surface area contributed by atoms with Gasteiger partial charge in [-0.15, -0.1) is 0 Å². The molecule has 2 rings (SSSR count). The van der Waals surface area contributed by atoms with Crippen LogP contribution in [0.4, 0.5) is 0 Å². The van der Waals surface area contributed by atoms with Crippen molar-refractivity contribution in [3.8, 4) is 6.07 Å². The Morgan fingerprint density at radius 2 is 2.42 bits per heavy atom. The van der Waals surface area contributed by atoms with Gasteiger partial charge < -0.3 is 4.98 Å². The van der Waals surface area contributed by atoms with Crippen LogP contribution >= 0.6 is 11.6 Å². The Kier molecular flexibility index (Phi) is 1.49. The topological polar surface area (TPSA) is 52.5 Å². The van der Waals surface area contributed by atoms with Gasteiger partial charge in [0.2, 0.25) is 0 Å². The van der Waals surface area contributed by atoms with Crippen molar-refractivity contribution in [3.05, 3.63) is 29.2 Å². The first-order chi connectivity index (χ1) is 5.81. The van der Waals surface area contributed by atoms with Crippen LogP contribution in [-0.4, -0.2) is 9.97 Å². The van der Waals surface area contributed by atoms with E-state index in [1.165, 1.54) is 0 Å². The molecule has 0 aliphatic rings. The van der Waals surface area contributed by atoms with E-state index in [1.807, 2.05) is 0 Å². The summed E-state index contributed by atoms with van der Waals surface area (Å²) >= 11 is 5.66. The molecule has 0 aromatic carbocycles. The fourth-order valence-electron chi connectivity index (χ4n) is 1.08. The van der Waals surface area contributed by atoms with E-state index in [-0.39, 0.29) is 0 Å². The van der Waals surface area contributed by atoms with E-state index < -0.39 is 0 Å². The molecule has 12 heavy (non-hydrogen) atoms. The Morgan fingerprint density at radius 1 is 1.58 bits per heavy atom. The van der Waals surface area contributed by atoms with Crippen LogP contribution < -0.4 is 0 Å². The lowest BCUT2D eigenvalue weighted by Gasteiger charge is -1.89. The van der Waals surface area contributed by atoms with Crippen LogP contribution in [0, 0.1) is 11.3 Å². The third-order valence-corrected chi connectivity index (χ3v) is 1.86. The van der Waals surface area contributed by atoms with Gasteiger partial charge in [0.15, 0.2) is 0 Å². The number of halogens is 1. The first kappa shape index (κ1) is 7.14. The highest BCUT2D eigenvalue weighted by atomic mass is 35.5. The molecular weight excluding hydrogens is 174 g/mol. The highest BCUT2D eigenvalue weighted by molar-refractivity contribution is 6.30. The van der Waals surface area contributed by atoms with Gasteiger partial charge in [0.05, 0.1) is 11.1 Å². The van der Waals surface area contributed by atoms with Crippen LogP contribution in [-0.2, 0) is 0 Å². The van der Waals surface area contributed by atoms with Crippen molar-refractivity contribution in [2.75, 3.05) is 0 Å². The molecule has 3 nitrogen and oxygen atoms in total. The number of pyridine rings is 1. The molecule has 0 unspecified atom stereocenters. The summed E-state index contributed by atoms with van der Waals surface area (Å²) in [5, 5.41) is 9.90. The van der Waals surface area contributed by atoms with Crippen LogP contribution in [0.25, 0.3) is 10.9 Å². The predicted molar refractivity (Wildman–Crippen MR) is 45.8 cm³/mol. The molecule has 0 spiro atoms. The van der Waals surface area contributed by atoms with E-state index in [1.54, 1.807) is 18.5 Å². The Labute approximate surface area is 73.6 Å². The van der Waals surface area contributed by atoms with Crippen LogP contribution in [0.5, 0.6) is 0 Å². The summed E-state index contributed by atoms with van der Waals surface area (Å²) in [5.74, 6) is 0. The second-order valence-electron chi connectivity index (χ2n) is 2.37. The Hall–Kier alpha value is -1.53. The average molecular weight is 178 g/mol. The molecule has 2 aromatic heterocycles. The zero-order valence-electron chi connectivity index (χ0n) is 6.00. The quantitative estimate of drug-likeness (QED) is 0.627. The smallest absolute Gasteiger partial charge is 0.131 e. The summed E-state index contributed by atoms with van der Waals surface area (Å²) in [6.45, 7) is 0. The van der Waals surface area contributed by atoms with Crippen molar-refractivity contribution >= 4 is 22.5 Å². The second-order valence-corrected chi connectivity index (χ2v) is 2.75. The fraction of sp³-hybridized carbons (Fsp3) is 0. The number of nitriles is 1. The maximum Gasteiger partial charge on any atom is 0.131 e. The number of aromatic amines is 1. The number of rotatable bonds is 0. The van der Waals surface area contributed by atoms with E-state index in [0.29, 0.717) is 10.7 Å². The first-order valence-electron chi connectivity index (χ1n) is 3.34. The molecule has 0 bridgehead atoms. The second kappa shape index (κ2) is 2.50. The van der Waals surface area contributed by atoms with Crippen molar-refractivity contribution in [1.29, 1.82) is 5.26 Å². The first-order valence-corrected chi connectivity index (χ1v) is 3.72. The highest BCUT2D eigenvalue weighted by Gasteiger charge is 2.02. The van der Waals surface area contributed by atoms with Crippen molar-refractivity contribution in [2.45, 2.75) is 0 Å². The van der Waals surface area contributed by atoms with Gasteiger partial charge in [-0.2, -0.15) is 5.26 Å². The number of aromatic nitrogens is 2. The predicted octanol–water partition coefficient (Wildman–Crippen LogP) is 2.09. The van der Waals surface area contributed by atoms with Gasteiger partial charge in [-0.25, -0.2) is 4.98 Å². The zero-order chi connectivity index (χ0) is 8.55. The summed E-state index contributed by atoms with van der Waals surface area (Å²) in [5.41, 5.74) is 1.43. The van der Waals surface area contributed by atoms with Crippen molar-refractivity contribution < 1.29 is 0 Å². The fourth-order valence-corrected chi connectivity index (χ4v) is 1.24. The molecule has 0 saturated heterocycles. The number of nitrogens with zero attached hydrogens (tertiary/aromatic N) is 2. The third-order valence-electron chi connectivity index (χ3n) is 1.65. The monoisotopic (exact) mass is 177 g/mol. The lowest BCUT2D eigenvalue weighted by atomic mass is 10.2. The van der Waals surface area contributed by atoms with Gasteiger partial charge in [-0.3, -0.25) is 0 Å². The molecule has 0 radical (unpaired) electrons. The van der Waals surface area contributed by atoms with E-state index >= 15 is 0 Å². The number of hydrogen-bond donors (Lipinski definition) is 1. The number of hydrogen-bond acceptors (Lipinski definition) is 2. The van der Waals surface area contributed by atoms with Crippen molar-refractivity contribution in [2.24, 2.45) is 0 Å². The lowest BCUT2D eigenvalue weighted by molar-refractivity contribution is 1.35. The SMILES string of the molecule is N#Cc1c[nH]c2cc(Cl)ncc12. The molecule has 0 saturated carbocycles. The van der Waals surface area contributed by atoms with Gasteiger partial charge in [-0.05, 0) is 6.07 Å². The summed E-state index contributed by atoms with van der Waals surface area (Å²) < 4.78 is 0. The van der Waals surface area contributed by atoms with Gasteiger partial charge >= 0.3 is 0 Å². The van der Waals surface area contributed by atoms with Gasteiger partial charge in [0.25, 0.3) is 0 Å². The highest BCUT2D eigenvalue weighted by Crippen LogP contribution is 2.18. The molecule has 0 aliphatic carbocycles. The van der Waals surface area contributed by atoms with Crippen LogP contribution in [0.3, 0.4) is 0 Å². The maximum atomic E-state index is 8.66. The van der Waals surface area contributed by atoms with E-state index in [2.05, 4.69) is 16.0 Å². The molecule has 4 heteroatoms. The van der Waals surface area contributed by atoms with E-state index in [0.717, 1.165) is 10.9 Å². The average Bonchev–Trinajstić information content (AvgIpc) is 2.46. The van der Waals surface area contributed by atoms with Crippen LogP contribution in [0.1, 0.15) is 5.56 Å². The zero-order valence-corrected chi connectivity index (χ0v) is 6.76. The van der Waals surface area contributed by atoms with Gasteiger partial charge in [0, 0.05) is 17.8 Å². The number of H-pyrrole nitrogens is 1. The molecule has 2 heterocycles. The van der Waals surface area contributed by atoms with Gasteiger partial charge in [-0.1, -0.05) is 11.6 Å². The molecule has 0 amide bonds. The molecule has 1 N–H and O–H groups in total. The van der Waals surface area contributed by atoms with Crippen LogP contribution in [0.2, 0.25) is 5.15 Å². The third kappa shape index (κ3) is 0.936. The molecule has 2 aromatic rings. The molecule has 0 aliphatic heterocycles. The molecule has 0 atom stereocenters. The largest absolute Gasteiger partial charge is 0.360 e. The number of nitrogens with one attached hydrogen (secondary N) is 1. The van der Waals surface area contributed by atoms with Gasteiger partial charge in [0.1, 0.15) is 11.2 Å². The Bertz CT molecular complexity index is 467. The number of fused-ring (bicyclic) bond motifs is 1. The minimum atomic E-state index is 0.425. The minimum absolute atomic E-state index is 0.425. The van der Waals surface area contributed by atoms with E-state index in [4.69, 9.17) is 16.9 Å². The van der Waals surface area contributed by atoms with Crippen molar-refractivity contribution in [3.63, 3.8) is 0 Å². The summed E-state index contributed by atoms with van der Waals surface area (Å²) in [7, 11) is 0. The Balaban J connectivity index is 2.84. The summed E-state index contributed by atoms with van der Waals surface area (Å²) in [6.07, 6.45) is 3.23. The lowest BCUT2D eigenvalue weighted by Crippen LogP contribution is -1.75. The normalized spacial score (nSPS) is 10.0. The maximum absolute atomic E-state index is 8.66. The summed E-state index contributed by atoms with van der Waals surface area (Å²) in [4.78, 5) is 6.82. The van der Waals surface area contributed by atoms with E-state index in [9.17, 15) is 0 Å².